The molecule has 94 heavy (non-hydrogen) atoms. The molecule has 9 aromatic rings. The normalized spacial score (nSPS) is 14.0. The van der Waals surface area contributed by atoms with E-state index < -0.39 is 0 Å². The van der Waals surface area contributed by atoms with Gasteiger partial charge in [-0.3, -0.25) is 29.0 Å². The minimum absolute atomic E-state index is 0. The Balaban J connectivity index is 0.000000150. The van der Waals surface area contributed by atoms with Gasteiger partial charge in [0.2, 0.25) is 23.4 Å². The number of carbonyl (C=O) groups is 5. The average molecular weight is 1450 g/mol. The Bertz CT molecular complexity index is 4370. The van der Waals surface area contributed by atoms with Gasteiger partial charge in [0, 0.05) is 50.7 Å². The Labute approximate surface area is 571 Å². The number of halogens is 4. The van der Waals surface area contributed by atoms with Crippen molar-refractivity contribution in [1.29, 1.82) is 0 Å². The Kier molecular flexibility index (Phi) is 21.7. The molecule has 29 nitrogen and oxygen atoms in total. The van der Waals surface area contributed by atoms with Crippen molar-refractivity contribution in [2.75, 3.05) is 51.7 Å². The van der Waals surface area contributed by atoms with E-state index in [9.17, 15) is 24.0 Å². The number of para-hydroxylation sites is 2. The zero-order valence-electron chi connectivity index (χ0n) is 52.5. The molecule has 6 aromatic heterocycles. The molecule has 0 radical (unpaired) electrons. The summed E-state index contributed by atoms with van der Waals surface area (Å²) in [4.78, 5) is 81.2. The summed E-state index contributed by atoms with van der Waals surface area (Å²) >= 11 is 17.7. The SMILES string of the molecule is CCc1c(Nc2cc(Cl)nc3c2C(=O)N(C)C3)cccc1-c1nnn(C)n1.CN1Cc2nc(Cl)cc(Cl)c2C1=O.COc1c(N)cccc1-c1nnn(C)n1.COc1c(Nc2cc(CC(=O)C3CC3)nc3c2C(=O)N(C)C3)cccc1-c1nnn(C)n1.NC(=O)C1CC1.[I-]. The second-order valence-electron chi connectivity index (χ2n) is 22.2. The van der Waals surface area contributed by atoms with Gasteiger partial charge in [0.15, 0.2) is 11.5 Å². The summed E-state index contributed by atoms with van der Waals surface area (Å²) in [7, 11) is 13.4. The number of nitrogens with zero attached hydrogens (tertiary/aromatic N) is 18. The molecule has 0 unspecified atom stereocenters. The number of fused-ring (bicyclic) bond motifs is 3. The number of benzene rings is 3. The quantitative estimate of drug-likeness (QED) is 0.0670. The predicted octanol–water partition coefficient (Wildman–Crippen LogP) is 4.28. The maximum atomic E-state index is 12.8. The van der Waals surface area contributed by atoms with Crippen LogP contribution in [0.3, 0.4) is 0 Å². The van der Waals surface area contributed by atoms with E-state index in [1.165, 1.54) is 20.5 Å². The van der Waals surface area contributed by atoms with Crippen molar-refractivity contribution in [2.24, 2.45) is 38.7 Å². The molecule has 14 rings (SSSR count). The van der Waals surface area contributed by atoms with Gasteiger partial charge in [-0.2, -0.15) is 14.4 Å². The predicted molar refractivity (Wildman–Crippen MR) is 345 cm³/mol. The van der Waals surface area contributed by atoms with Gasteiger partial charge in [-0.05, 0) is 102 Å². The number of nitrogen functional groups attached to an aromatic ring is 1. The summed E-state index contributed by atoms with van der Waals surface area (Å²) < 4.78 is 10.9. The van der Waals surface area contributed by atoms with Gasteiger partial charge in [-0.1, -0.05) is 66.0 Å². The number of tetrazole rings is 3. The molecule has 33 heteroatoms. The zero-order chi connectivity index (χ0) is 66.5. The minimum Gasteiger partial charge on any atom is -1.00 e. The Morgan fingerprint density at radius 2 is 1.00 bits per heavy atom. The second-order valence-corrected chi connectivity index (χ2v) is 23.4. The van der Waals surface area contributed by atoms with Gasteiger partial charge in [0.05, 0.1) is 133 Å². The van der Waals surface area contributed by atoms with Crippen LogP contribution in [0.25, 0.3) is 34.2 Å². The molecule has 0 spiro atoms. The van der Waals surface area contributed by atoms with Crippen molar-refractivity contribution in [3.63, 3.8) is 0 Å². The first-order chi connectivity index (χ1) is 44.5. The molecule has 5 aliphatic rings. The number of methoxy groups -OCH3 is 2. The lowest BCUT2D eigenvalue weighted by Crippen LogP contribution is -3.00. The Morgan fingerprint density at radius 1 is 0.564 bits per heavy atom. The first-order valence-electron chi connectivity index (χ1n) is 29.2. The summed E-state index contributed by atoms with van der Waals surface area (Å²) in [6.45, 7) is 3.40. The number of nitrogens with one attached hydrogen (secondary N) is 2. The third-order valence-corrected chi connectivity index (χ3v) is 15.9. The number of carbonyl (C=O) groups excluding carboxylic acids is 5. The maximum Gasteiger partial charge on any atom is 0.257 e. The number of rotatable bonds is 14. The van der Waals surface area contributed by atoms with Crippen molar-refractivity contribution in [3.8, 4) is 45.7 Å². The van der Waals surface area contributed by atoms with E-state index in [1.54, 1.807) is 89.4 Å². The van der Waals surface area contributed by atoms with Crippen molar-refractivity contribution in [1.82, 2.24) is 90.3 Å². The van der Waals surface area contributed by atoms with E-state index in [-0.39, 0.29) is 71.6 Å². The molecule has 0 atom stereocenters. The van der Waals surface area contributed by atoms with Crippen molar-refractivity contribution in [3.05, 3.63) is 133 Å². The van der Waals surface area contributed by atoms with E-state index in [4.69, 9.17) is 55.7 Å². The Hall–Kier alpha value is -9.53. The van der Waals surface area contributed by atoms with Gasteiger partial charge in [-0.15, -0.1) is 30.6 Å². The smallest absolute Gasteiger partial charge is 0.257 e. The lowest BCUT2D eigenvalue weighted by Gasteiger charge is -2.16. The van der Waals surface area contributed by atoms with Crippen molar-refractivity contribution < 1.29 is 57.4 Å². The first kappa shape index (κ1) is 68.8. The van der Waals surface area contributed by atoms with Crippen LogP contribution >= 0.6 is 34.8 Å². The molecule has 2 fully saturated rings. The number of aryl methyl sites for hydroxylation is 3. The summed E-state index contributed by atoms with van der Waals surface area (Å²) in [5.74, 6) is 2.79. The van der Waals surface area contributed by atoms with E-state index in [1.807, 2.05) is 48.5 Å². The van der Waals surface area contributed by atoms with Crippen LogP contribution in [0.1, 0.15) is 92.0 Å². The van der Waals surface area contributed by atoms with Crippen molar-refractivity contribution in [2.45, 2.75) is 65.1 Å². The van der Waals surface area contributed by atoms with Crippen LogP contribution in [0, 0.1) is 11.8 Å². The topological polar surface area (TPSA) is 359 Å². The minimum atomic E-state index is -0.130. The number of hydrogen-bond acceptors (Lipinski definition) is 22. The van der Waals surface area contributed by atoms with Crippen LogP contribution < -0.4 is 55.6 Å². The molecule has 3 aliphatic heterocycles. The standard InChI is InChI=1S/C22H23N7O3.C18H18ClN7O.C9H11N5O.C8H6Cl2N2O.C4H7NO.HI/c1-28-11-17-19(22(28)31)16(9-13(23-17)10-18(30)12-7-8-12)24-15-6-4-5-14(20(15)32-3)21-25-27-29(2)26-21;1-4-10-11(17-22-24-26(3)23-17)6-5-7-12(10)20-13-8-15(19)21-14-9-25(2)18(27)16(13)14;1-14-12-9(11-13-14)6-4-3-5-7(10)8(6)15-2;1-12-3-5-7(8(12)13)4(9)2-6(10)11-5;5-4(6)3-1-2-3;/h4-6,9,12H,7-8,10-11H2,1-3H3,(H,23,24);5-8H,4,9H2,1-3H3,(H,20,21);3-5H,10H2,1-2H3;2H,3H2,1H3;3H,1-2H2,(H2,5,6);1H/p-1. The van der Waals surface area contributed by atoms with E-state index in [0.717, 1.165) is 54.5 Å². The monoisotopic (exact) mass is 1450 g/mol. The van der Waals surface area contributed by atoms with Crippen LogP contribution in [-0.2, 0) is 63.2 Å². The molecule has 2 aliphatic carbocycles. The molecule has 0 bridgehead atoms. The lowest BCUT2D eigenvalue weighted by atomic mass is 10.0. The van der Waals surface area contributed by atoms with Gasteiger partial charge in [0.1, 0.15) is 16.1 Å². The van der Waals surface area contributed by atoms with Gasteiger partial charge in [0.25, 0.3) is 17.7 Å². The highest BCUT2D eigenvalue weighted by Crippen LogP contribution is 2.41. The number of nitrogens with two attached hydrogens (primary N) is 2. The number of ketones is 1. The fraction of sp³-hybridized carbons (Fsp3) is 0.328. The highest BCUT2D eigenvalue weighted by Gasteiger charge is 2.35. The van der Waals surface area contributed by atoms with Crippen LogP contribution in [0.2, 0.25) is 15.3 Å². The first-order valence-corrected chi connectivity index (χ1v) is 30.3. The number of hydrogen-bond donors (Lipinski definition) is 4. The lowest BCUT2D eigenvalue weighted by molar-refractivity contribution is -0.120. The fourth-order valence-corrected chi connectivity index (χ4v) is 11.2. The highest BCUT2D eigenvalue weighted by molar-refractivity contribution is 6.36. The number of pyridine rings is 3. The number of amides is 4. The average Bonchev–Trinajstić information content (AvgIpc) is 1.58. The van der Waals surface area contributed by atoms with Gasteiger partial charge < -0.3 is 70.3 Å². The van der Waals surface area contributed by atoms with Gasteiger partial charge in [-0.25, -0.2) is 9.97 Å². The molecule has 6 N–H and O–H groups in total. The third kappa shape index (κ3) is 15.6. The number of anilines is 5. The maximum absolute atomic E-state index is 12.8. The van der Waals surface area contributed by atoms with Gasteiger partial charge >= 0.3 is 0 Å². The summed E-state index contributed by atoms with van der Waals surface area (Å²) in [5, 5.41) is 44.1. The molecular weight excluding hydrogens is 1390 g/mol. The molecule has 3 aromatic carbocycles. The summed E-state index contributed by atoms with van der Waals surface area (Å²) in [5.41, 5.74) is 21.5. The molecule has 9 heterocycles. The second kappa shape index (κ2) is 29.6. The number of Topliss-reactive ketones (excluding diaryl/α,β-unsaturated/α-hetero) is 1. The molecule has 490 valence electrons. The number of ether oxygens (including phenoxy) is 2. The van der Waals surface area contributed by atoms with Crippen LogP contribution in [0.4, 0.5) is 28.4 Å². The molecule has 2 saturated carbocycles. The van der Waals surface area contributed by atoms with Crippen LogP contribution in [0.5, 0.6) is 11.5 Å². The molecule has 0 saturated heterocycles. The largest absolute Gasteiger partial charge is 1.00 e. The third-order valence-electron chi connectivity index (χ3n) is 15.2. The number of aromatic nitrogens is 15. The number of primary amides is 1. The molecular formula is C61H65Cl3IN22O7-. The zero-order valence-corrected chi connectivity index (χ0v) is 56.9. The highest BCUT2D eigenvalue weighted by atomic mass is 127. The van der Waals surface area contributed by atoms with Crippen LogP contribution in [0.15, 0.2) is 72.8 Å². The van der Waals surface area contributed by atoms with E-state index in [2.05, 4.69) is 78.7 Å². The summed E-state index contributed by atoms with van der Waals surface area (Å²) in [6, 6.07) is 21.8. The molecule has 4 amide bonds. The van der Waals surface area contributed by atoms with Crippen molar-refractivity contribution >= 4 is 92.7 Å². The fourth-order valence-electron chi connectivity index (χ4n) is 10.4. The summed E-state index contributed by atoms with van der Waals surface area (Å²) in [6.07, 6.45) is 4.98. The van der Waals surface area contributed by atoms with Crippen LogP contribution in [-0.4, -0.2) is 155 Å². The van der Waals surface area contributed by atoms with E-state index in [0.29, 0.717) is 132 Å². The van der Waals surface area contributed by atoms with E-state index >= 15 is 0 Å². The Morgan fingerprint density at radius 3 is 1.48 bits per heavy atom.